The minimum atomic E-state index is -0.865. The molecular formula is C22H22Cl2N4O5. The molecule has 0 aliphatic carbocycles. The highest BCUT2D eigenvalue weighted by atomic mass is 35.5. The topological polar surface area (TPSA) is 118 Å². The molecule has 33 heavy (non-hydrogen) atoms. The average Bonchev–Trinajstić information content (AvgIpc) is 3.30. The molecule has 0 radical (unpaired) electrons. The molecule has 0 bridgehead atoms. The Morgan fingerprint density at radius 1 is 1.09 bits per heavy atom. The molecule has 0 aromatic heterocycles. The summed E-state index contributed by atoms with van der Waals surface area (Å²) in [5.74, 6) is -1.55. The molecule has 2 aromatic rings. The van der Waals surface area contributed by atoms with Crippen LogP contribution >= 0.6 is 23.2 Å². The summed E-state index contributed by atoms with van der Waals surface area (Å²) in [4.78, 5) is 35.5. The van der Waals surface area contributed by atoms with E-state index in [9.17, 15) is 14.4 Å². The molecular weight excluding hydrogens is 471 g/mol. The Labute approximate surface area is 200 Å². The van der Waals surface area contributed by atoms with E-state index in [1.165, 1.54) is 6.21 Å². The quantitative estimate of drug-likeness (QED) is 0.297. The first-order valence-electron chi connectivity index (χ1n) is 10.1. The van der Waals surface area contributed by atoms with Crippen molar-refractivity contribution in [3.8, 4) is 5.75 Å². The number of carbonyl (C=O) groups excluding carboxylic acids is 3. The van der Waals surface area contributed by atoms with Crippen molar-refractivity contribution in [3.63, 3.8) is 0 Å². The molecule has 1 aliphatic rings. The van der Waals surface area contributed by atoms with Gasteiger partial charge in [-0.1, -0.05) is 23.2 Å². The van der Waals surface area contributed by atoms with E-state index in [1.54, 1.807) is 42.5 Å². The number of benzene rings is 2. The van der Waals surface area contributed by atoms with Gasteiger partial charge < -0.3 is 20.1 Å². The van der Waals surface area contributed by atoms with Crippen LogP contribution in [0.25, 0.3) is 0 Å². The van der Waals surface area contributed by atoms with E-state index in [4.69, 9.17) is 32.7 Å². The predicted molar refractivity (Wildman–Crippen MR) is 125 cm³/mol. The normalized spacial score (nSPS) is 15.3. The number of hydrogen-bond acceptors (Lipinski definition) is 6. The van der Waals surface area contributed by atoms with Gasteiger partial charge in [0.15, 0.2) is 6.61 Å². The van der Waals surface area contributed by atoms with E-state index in [0.29, 0.717) is 40.2 Å². The minimum Gasteiger partial charge on any atom is -0.484 e. The first kappa shape index (κ1) is 24.5. The molecule has 1 saturated heterocycles. The number of nitrogens with zero attached hydrogens (tertiary/aromatic N) is 1. The fourth-order valence-corrected chi connectivity index (χ4v) is 3.46. The van der Waals surface area contributed by atoms with E-state index in [-0.39, 0.29) is 18.6 Å². The van der Waals surface area contributed by atoms with Crippen molar-refractivity contribution in [1.29, 1.82) is 0 Å². The molecule has 11 heteroatoms. The summed E-state index contributed by atoms with van der Waals surface area (Å²) in [6, 6.07) is 11.3. The number of halogens is 2. The van der Waals surface area contributed by atoms with Gasteiger partial charge in [0.05, 0.1) is 12.3 Å². The standard InChI is InChI=1S/C22H22Cl2N4O5/c23-15-8-16(24)10-17(9-15)27-20(29)13-33-18-5-3-14(4-6-18)11-26-28-22(31)21(30)25-12-19-2-1-7-32-19/h3-6,8-11,19H,1-2,7,12-13H2,(H,25,30)(H,27,29)(H,28,31)/b26-11-/t19-/m0/s1. The molecule has 1 atom stereocenters. The van der Waals surface area contributed by atoms with Crippen molar-refractivity contribution in [3.05, 3.63) is 58.1 Å². The summed E-state index contributed by atoms with van der Waals surface area (Å²) in [7, 11) is 0. The van der Waals surface area contributed by atoms with E-state index in [1.807, 2.05) is 0 Å². The third-order valence-corrected chi connectivity index (χ3v) is 4.93. The third-order valence-electron chi connectivity index (χ3n) is 4.50. The highest BCUT2D eigenvalue weighted by Gasteiger charge is 2.18. The van der Waals surface area contributed by atoms with E-state index in [2.05, 4.69) is 21.2 Å². The number of rotatable bonds is 8. The lowest BCUT2D eigenvalue weighted by atomic mass is 10.2. The first-order chi connectivity index (χ1) is 15.9. The molecule has 0 unspecified atom stereocenters. The van der Waals surface area contributed by atoms with Gasteiger partial charge >= 0.3 is 11.8 Å². The molecule has 1 heterocycles. The van der Waals surface area contributed by atoms with Crippen LogP contribution in [0.4, 0.5) is 5.69 Å². The van der Waals surface area contributed by atoms with Crippen LogP contribution in [0.2, 0.25) is 10.0 Å². The monoisotopic (exact) mass is 492 g/mol. The SMILES string of the molecule is O=C(COc1ccc(/C=N\NC(=O)C(=O)NC[C@@H]2CCCO2)cc1)Nc1cc(Cl)cc(Cl)c1. The summed E-state index contributed by atoms with van der Waals surface area (Å²) in [6.07, 6.45) is 3.14. The smallest absolute Gasteiger partial charge is 0.329 e. The zero-order valence-electron chi connectivity index (χ0n) is 17.5. The van der Waals surface area contributed by atoms with Gasteiger partial charge in [0.2, 0.25) is 0 Å². The average molecular weight is 493 g/mol. The predicted octanol–water partition coefficient (Wildman–Crippen LogP) is 2.76. The Bertz CT molecular complexity index is 1000. The van der Waals surface area contributed by atoms with E-state index < -0.39 is 11.8 Å². The first-order valence-corrected chi connectivity index (χ1v) is 10.9. The molecule has 3 amide bonds. The third kappa shape index (κ3) is 8.38. The van der Waals surface area contributed by atoms with Gasteiger partial charge in [-0.25, -0.2) is 5.43 Å². The summed E-state index contributed by atoms with van der Waals surface area (Å²) in [5, 5.41) is 9.74. The molecule has 2 aromatic carbocycles. The second kappa shape index (κ2) is 12.2. The maximum absolute atomic E-state index is 12.0. The maximum atomic E-state index is 12.0. The molecule has 0 saturated carbocycles. The largest absolute Gasteiger partial charge is 0.484 e. The van der Waals surface area contributed by atoms with Gasteiger partial charge in [-0.2, -0.15) is 5.10 Å². The number of amides is 3. The Hall–Kier alpha value is -3.14. The van der Waals surface area contributed by atoms with Gasteiger partial charge in [0.1, 0.15) is 5.75 Å². The number of carbonyl (C=O) groups is 3. The zero-order valence-corrected chi connectivity index (χ0v) is 19.0. The molecule has 1 aliphatic heterocycles. The molecule has 3 N–H and O–H groups in total. The molecule has 0 spiro atoms. The van der Waals surface area contributed by atoms with Crippen LogP contribution in [0.5, 0.6) is 5.75 Å². The molecule has 9 nitrogen and oxygen atoms in total. The highest BCUT2D eigenvalue weighted by Crippen LogP contribution is 2.22. The van der Waals surface area contributed by atoms with Gasteiger partial charge in [-0.3, -0.25) is 14.4 Å². The minimum absolute atomic E-state index is 0.0487. The second-order valence-electron chi connectivity index (χ2n) is 7.11. The summed E-state index contributed by atoms with van der Waals surface area (Å²) in [5.41, 5.74) is 3.29. The van der Waals surface area contributed by atoms with Crippen molar-refractivity contribution < 1.29 is 23.9 Å². The van der Waals surface area contributed by atoms with Crippen molar-refractivity contribution >= 4 is 52.8 Å². The van der Waals surface area contributed by atoms with Crippen LogP contribution in [-0.2, 0) is 19.1 Å². The number of nitrogens with one attached hydrogen (secondary N) is 3. The van der Waals surface area contributed by atoms with Crippen LogP contribution in [-0.4, -0.2) is 49.8 Å². The van der Waals surface area contributed by atoms with Gasteiger partial charge in [-0.15, -0.1) is 0 Å². The van der Waals surface area contributed by atoms with Crippen molar-refractivity contribution in [2.45, 2.75) is 18.9 Å². The molecule has 3 rings (SSSR count). The Balaban J connectivity index is 1.39. The Morgan fingerprint density at radius 2 is 1.82 bits per heavy atom. The highest BCUT2D eigenvalue weighted by molar-refractivity contribution is 6.35. The number of hydrazone groups is 1. The van der Waals surface area contributed by atoms with E-state index in [0.717, 1.165) is 12.8 Å². The summed E-state index contributed by atoms with van der Waals surface area (Å²) in [6.45, 7) is 0.753. The zero-order chi connectivity index (χ0) is 23.6. The molecule has 1 fully saturated rings. The van der Waals surface area contributed by atoms with Crippen molar-refractivity contribution in [2.75, 3.05) is 25.1 Å². The van der Waals surface area contributed by atoms with Crippen LogP contribution in [0.3, 0.4) is 0 Å². The maximum Gasteiger partial charge on any atom is 0.329 e. The van der Waals surface area contributed by atoms with Crippen LogP contribution in [0, 0.1) is 0 Å². The number of anilines is 1. The number of hydrogen-bond donors (Lipinski definition) is 3. The lowest BCUT2D eigenvalue weighted by Gasteiger charge is -2.09. The molecule has 174 valence electrons. The van der Waals surface area contributed by atoms with Crippen LogP contribution in [0.15, 0.2) is 47.6 Å². The van der Waals surface area contributed by atoms with Crippen LogP contribution in [0.1, 0.15) is 18.4 Å². The Morgan fingerprint density at radius 3 is 2.48 bits per heavy atom. The van der Waals surface area contributed by atoms with Crippen LogP contribution < -0.4 is 20.8 Å². The van der Waals surface area contributed by atoms with E-state index >= 15 is 0 Å². The lowest BCUT2D eigenvalue weighted by molar-refractivity contribution is -0.139. The fraction of sp³-hybridized carbons (Fsp3) is 0.273. The van der Waals surface area contributed by atoms with Gasteiger partial charge in [-0.05, 0) is 60.9 Å². The fourth-order valence-electron chi connectivity index (χ4n) is 2.93. The van der Waals surface area contributed by atoms with Crippen molar-refractivity contribution in [1.82, 2.24) is 10.7 Å². The lowest BCUT2D eigenvalue weighted by Crippen LogP contribution is -2.41. The van der Waals surface area contributed by atoms with Gasteiger partial charge in [0.25, 0.3) is 5.91 Å². The van der Waals surface area contributed by atoms with Crippen molar-refractivity contribution in [2.24, 2.45) is 5.10 Å². The number of ether oxygens (including phenoxy) is 2. The summed E-state index contributed by atoms with van der Waals surface area (Å²) >= 11 is 11.8. The summed E-state index contributed by atoms with van der Waals surface area (Å²) < 4.78 is 10.8. The Kier molecular flexibility index (Phi) is 9.05. The second-order valence-corrected chi connectivity index (χ2v) is 7.98. The van der Waals surface area contributed by atoms with Gasteiger partial charge in [0, 0.05) is 28.9 Å².